The van der Waals surface area contributed by atoms with E-state index < -0.39 is 11.9 Å². The zero-order chi connectivity index (χ0) is 21.7. The summed E-state index contributed by atoms with van der Waals surface area (Å²) in [5, 5.41) is 6.94. The number of amides is 1. The van der Waals surface area contributed by atoms with Crippen molar-refractivity contribution in [3.05, 3.63) is 63.7 Å². The van der Waals surface area contributed by atoms with Crippen LogP contribution in [0.4, 0.5) is 4.39 Å². The highest BCUT2D eigenvalue weighted by Crippen LogP contribution is 2.28. The summed E-state index contributed by atoms with van der Waals surface area (Å²) in [6.45, 7) is 4.22. The number of hydrogen-bond donors (Lipinski definition) is 1. The van der Waals surface area contributed by atoms with Gasteiger partial charge in [-0.05, 0) is 55.8 Å². The van der Waals surface area contributed by atoms with Crippen LogP contribution in [0, 0.1) is 5.82 Å². The van der Waals surface area contributed by atoms with Gasteiger partial charge in [0.1, 0.15) is 11.6 Å². The Kier molecular flexibility index (Phi) is 7.29. The summed E-state index contributed by atoms with van der Waals surface area (Å²) in [4.78, 5) is 16.6. The average Bonchev–Trinajstić information content (AvgIpc) is 3.19. The molecule has 1 amide bonds. The van der Waals surface area contributed by atoms with E-state index in [1.807, 2.05) is 31.2 Å². The van der Waals surface area contributed by atoms with Gasteiger partial charge in [0.2, 0.25) is 17.6 Å². The fraction of sp³-hybridized carbons (Fsp3) is 0.286. The largest absolute Gasteiger partial charge is 0.494 e. The second-order valence-corrected chi connectivity index (χ2v) is 7.36. The standard InChI is InChI=1S/C21H20Cl2FN3O3/c1-3-29-14-6-4-13(5-7-14)21-26-20(30-27-21)9-8-19(28)25-12(2)15-10-18(24)17(23)11-16(15)22/h4-7,10-12H,3,8-9H2,1-2H3,(H,25,28). The third-order valence-electron chi connectivity index (χ3n) is 4.34. The van der Waals surface area contributed by atoms with Crippen LogP contribution in [-0.2, 0) is 11.2 Å². The summed E-state index contributed by atoms with van der Waals surface area (Å²) in [6, 6.07) is 9.38. The van der Waals surface area contributed by atoms with Gasteiger partial charge in [-0.25, -0.2) is 4.39 Å². The molecule has 158 valence electrons. The second kappa shape index (κ2) is 9.91. The quantitative estimate of drug-likeness (QED) is 0.464. The van der Waals surface area contributed by atoms with Crippen molar-refractivity contribution in [2.45, 2.75) is 32.7 Å². The molecule has 0 saturated carbocycles. The van der Waals surface area contributed by atoms with Crippen LogP contribution in [0.5, 0.6) is 5.75 Å². The van der Waals surface area contributed by atoms with Gasteiger partial charge in [0.05, 0.1) is 17.7 Å². The molecule has 6 nitrogen and oxygen atoms in total. The van der Waals surface area contributed by atoms with Crippen molar-refractivity contribution in [2.24, 2.45) is 0 Å². The lowest BCUT2D eigenvalue weighted by Crippen LogP contribution is -2.27. The van der Waals surface area contributed by atoms with E-state index in [4.69, 9.17) is 32.5 Å². The van der Waals surface area contributed by atoms with Crippen molar-refractivity contribution in [3.63, 3.8) is 0 Å². The van der Waals surface area contributed by atoms with Crippen LogP contribution in [0.3, 0.4) is 0 Å². The lowest BCUT2D eigenvalue weighted by atomic mass is 10.1. The molecule has 1 aromatic heterocycles. The number of nitrogens with zero attached hydrogens (tertiary/aromatic N) is 2. The molecule has 0 aliphatic carbocycles. The number of carbonyl (C=O) groups excluding carboxylic acids is 1. The number of ether oxygens (including phenoxy) is 1. The molecular weight excluding hydrogens is 432 g/mol. The third kappa shape index (κ3) is 5.49. The highest BCUT2D eigenvalue weighted by atomic mass is 35.5. The van der Waals surface area contributed by atoms with Gasteiger partial charge in [0, 0.05) is 23.4 Å². The monoisotopic (exact) mass is 451 g/mol. The van der Waals surface area contributed by atoms with Gasteiger partial charge >= 0.3 is 0 Å². The molecule has 30 heavy (non-hydrogen) atoms. The molecule has 1 heterocycles. The van der Waals surface area contributed by atoms with E-state index >= 15 is 0 Å². The van der Waals surface area contributed by atoms with E-state index in [9.17, 15) is 9.18 Å². The Hall–Kier alpha value is -2.64. The predicted molar refractivity (Wildman–Crippen MR) is 112 cm³/mol. The molecule has 0 fully saturated rings. The van der Waals surface area contributed by atoms with E-state index in [-0.39, 0.29) is 28.8 Å². The summed E-state index contributed by atoms with van der Waals surface area (Å²) in [6.07, 6.45) is 0.397. The minimum absolute atomic E-state index is 0.0676. The Morgan fingerprint density at radius 3 is 2.67 bits per heavy atom. The Balaban J connectivity index is 1.56. The van der Waals surface area contributed by atoms with Gasteiger partial charge in [0.15, 0.2) is 0 Å². The predicted octanol–water partition coefficient (Wildman–Crippen LogP) is 5.39. The van der Waals surface area contributed by atoms with Gasteiger partial charge in [-0.15, -0.1) is 0 Å². The molecule has 9 heteroatoms. The Morgan fingerprint density at radius 2 is 1.97 bits per heavy atom. The van der Waals surface area contributed by atoms with E-state index in [0.29, 0.717) is 23.9 Å². The van der Waals surface area contributed by atoms with Crippen molar-refractivity contribution in [3.8, 4) is 17.1 Å². The van der Waals surface area contributed by atoms with Crippen LogP contribution in [0.2, 0.25) is 10.0 Å². The summed E-state index contributed by atoms with van der Waals surface area (Å²) < 4.78 is 24.3. The topological polar surface area (TPSA) is 77.2 Å². The summed E-state index contributed by atoms with van der Waals surface area (Å²) in [5.41, 5.74) is 1.23. The van der Waals surface area contributed by atoms with Gasteiger partial charge in [-0.1, -0.05) is 28.4 Å². The minimum atomic E-state index is -0.593. The van der Waals surface area contributed by atoms with Crippen molar-refractivity contribution in [1.29, 1.82) is 0 Å². The zero-order valence-corrected chi connectivity index (χ0v) is 17.9. The van der Waals surface area contributed by atoms with Gasteiger partial charge in [0.25, 0.3) is 0 Å². The summed E-state index contributed by atoms with van der Waals surface area (Å²) in [7, 11) is 0. The highest BCUT2D eigenvalue weighted by molar-refractivity contribution is 6.35. The molecule has 3 rings (SSSR count). The van der Waals surface area contributed by atoms with Gasteiger partial charge < -0.3 is 14.6 Å². The first-order valence-corrected chi connectivity index (χ1v) is 10.1. The number of aryl methyl sites for hydroxylation is 1. The molecule has 0 aliphatic heterocycles. The Bertz CT molecular complexity index is 1020. The maximum absolute atomic E-state index is 13.7. The number of rotatable bonds is 8. The summed E-state index contributed by atoms with van der Waals surface area (Å²) in [5.74, 6) is 0.693. The molecule has 1 unspecified atom stereocenters. The number of benzene rings is 2. The van der Waals surface area contributed by atoms with Crippen molar-refractivity contribution in [2.75, 3.05) is 6.61 Å². The molecule has 0 radical (unpaired) electrons. The van der Waals surface area contributed by atoms with Crippen LogP contribution in [0.15, 0.2) is 40.9 Å². The average molecular weight is 452 g/mol. The van der Waals surface area contributed by atoms with E-state index in [2.05, 4.69) is 15.5 Å². The van der Waals surface area contributed by atoms with Crippen LogP contribution >= 0.6 is 23.2 Å². The van der Waals surface area contributed by atoms with Crippen molar-refractivity contribution in [1.82, 2.24) is 15.5 Å². The van der Waals surface area contributed by atoms with Crippen LogP contribution in [0.1, 0.15) is 37.8 Å². The van der Waals surface area contributed by atoms with E-state index in [1.54, 1.807) is 6.92 Å². The fourth-order valence-corrected chi connectivity index (χ4v) is 3.37. The second-order valence-electron chi connectivity index (χ2n) is 6.55. The molecule has 1 N–H and O–H groups in total. The van der Waals surface area contributed by atoms with Crippen LogP contribution in [-0.4, -0.2) is 22.7 Å². The first-order chi connectivity index (χ1) is 14.4. The van der Waals surface area contributed by atoms with E-state index in [1.165, 1.54) is 12.1 Å². The zero-order valence-electron chi connectivity index (χ0n) is 16.4. The first kappa shape index (κ1) is 22.1. The Labute approximate surface area is 183 Å². The number of hydrogen-bond acceptors (Lipinski definition) is 5. The molecule has 2 aromatic carbocycles. The minimum Gasteiger partial charge on any atom is -0.494 e. The highest BCUT2D eigenvalue weighted by Gasteiger charge is 2.17. The molecule has 0 bridgehead atoms. The number of nitrogens with one attached hydrogen (secondary N) is 1. The van der Waals surface area contributed by atoms with Crippen molar-refractivity contribution < 1.29 is 18.4 Å². The number of carbonyl (C=O) groups is 1. The number of aromatic nitrogens is 2. The SMILES string of the molecule is CCOc1ccc(-c2noc(CCC(=O)NC(C)c3cc(F)c(Cl)cc3Cl)n2)cc1. The smallest absolute Gasteiger partial charge is 0.227 e. The van der Waals surface area contributed by atoms with Crippen LogP contribution < -0.4 is 10.1 Å². The van der Waals surface area contributed by atoms with Crippen LogP contribution in [0.25, 0.3) is 11.4 Å². The third-order valence-corrected chi connectivity index (χ3v) is 4.96. The molecule has 0 saturated heterocycles. The van der Waals surface area contributed by atoms with Gasteiger partial charge in [-0.3, -0.25) is 4.79 Å². The fourth-order valence-electron chi connectivity index (χ4n) is 2.82. The molecule has 0 spiro atoms. The normalized spacial score (nSPS) is 11.9. The van der Waals surface area contributed by atoms with Crippen molar-refractivity contribution >= 4 is 29.1 Å². The molecular formula is C21H20Cl2FN3O3. The molecule has 1 atom stereocenters. The maximum Gasteiger partial charge on any atom is 0.227 e. The first-order valence-electron chi connectivity index (χ1n) is 9.37. The van der Waals surface area contributed by atoms with E-state index in [0.717, 1.165) is 11.3 Å². The Morgan fingerprint density at radius 1 is 1.23 bits per heavy atom. The number of halogens is 3. The molecule has 3 aromatic rings. The lowest BCUT2D eigenvalue weighted by molar-refractivity contribution is -0.121. The van der Waals surface area contributed by atoms with Gasteiger partial charge in [-0.2, -0.15) is 4.98 Å². The molecule has 0 aliphatic rings. The lowest BCUT2D eigenvalue weighted by Gasteiger charge is -2.16. The maximum atomic E-state index is 13.7. The summed E-state index contributed by atoms with van der Waals surface area (Å²) >= 11 is 11.8.